The highest BCUT2D eigenvalue weighted by atomic mass is 19.4. The molecule has 0 saturated heterocycles. The average molecular weight is 620 g/mol. The predicted molar refractivity (Wildman–Crippen MR) is 160 cm³/mol. The Balaban J connectivity index is 1.51. The van der Waals surface area contributed by atoms with E-state index < -0.39 is 35.8 Å². The summed E-state index contributed by atoms with van der Waals surface area (Å²) >= 11 is 0. The molecule has 0 radical (unpaired) electrons. The van der Waals surface area contributed by atoms with Crippen molar-refractivity contribution in [3.63, 3.8) is 0 Å². The second-order valence-corrected chi connectivity index (χ2v) is 11.7. The van der Waals surface area contributed by atoms with E-state index in [0.29, 0.717) is 0 Å². The Morgan fingerprint density at radius 1 is 1.07 bits per heavy atom. The number of fused-ring (bicyclic) bond motifs is 1. The van der Waals surface area contributed by atoms with Gasteiger partial charge in [0.15, 0.2) is 0 Å². The Morgan fingerprint density at radius 2 is 1.70 bits per heavy atom. The van der Waals surface area contributed by atoms with Gasteiger partial charge in [-0.05, 0) is 62.2 Å². The highest BCUT2D eigenvalue weighted by molar-refractivity contribution is 6.02. The molecule has 2 aromatic carbocycles. The van der Waals surface area contributed by atoms with Crippen LogP contribution in [-0.4, -0.2) is 77.8 Å². The molecule has 13 heteroatoms. The molecule has 0 aromatic heterocycles. The van der Waals surface area contributed by atoms with Gasteiger partial charge >= 0.3 is 18.2 Å². The summed E-state index contributed by atoms with van der Waals surface area (Å²) in [6.07, 6.45) is 0.293. The van der Waals surface area contributed by atoms with Crippen LogP contribution in [0.4, 0.5) is 34.1 Å². The first kappa shape index (κ1) is 32.9. The molecule has 1 saturated carbocycles. The number of hydrogen-bond donors (Lipinski definition) is 4. The van der Waals surface area contributed by atoms with Crippen molar-refractivity contribution >= 4 is 29.3 Å². The monoisotopic (exact) mass is 619 g/mol. The molecule has 44 heavy (non-hydrogen) atoms. The first-order chi connectivity index (χ1) is 20.8. The van der Waals surface area contributed by atoms with E-state index in [1.807, 2.05) is 6.92 Å². The number of alkyl halides is 3. The number of benzene rings is 2. The number of rotatable bonds is 7. The molecule has 0 unspecified atom stereocenters. The number of likely N-dealkylation sites (N-methyl/N-ethyl adjacent to an activating group) is 1. The van der Waals surface area contributed by atoms with Crippen LogP contribution in [0.1, 0.15) is 61.9 Å². The lowest BCUT2D eigenvalue weighted by Crippen LogP contribution is -2.52. The van der Waals surface area contributed by atoms with Gasteiger partial charge in [-0.1, -0.05) is 26.2 Å². The molecule has 1 fully saturated rings. The lowest BCUT2D eigenvalue weighted by molar-refractivity contribution is -0.137. The highest BCUT2D eigenvalue weighted by Crippen LogP contribution is 2.32. The number of hydrogen-bond acceptors (Lipinski definition) is 5. The number of aliphatic hydroxyl groups excluding tert-OH is 1. The van der Waals surface area contributed by atoms with Gasteiger partial charge < -0.3 is 35.6 Å². The molecule has 0 bridgehead atoms. The number of urea groups is 2. The number of carbonyl (C=O) groups excluding carboxylic acids is 3. The summed E-state index contributed by atoms with van der Waals surface area (Å²) < 4.78 is 44.9. The molecule has 10 nitrogen and oxygen atoms in total. The van der Waals surface area contributed by atoms with Crippen LogP contribution < -0.4 is 20.7 Å². The molecule has 1 aliphatic heterocycles. The van der Waals surface area contributed by atoms with Gasteiger partial charge in [0, 0.05) is 36.9 Å². The molecule has 240 valence electrons. The zero-order valence-corrected chi connectivity index (χ0v) is 25.1. The van der Waals surface area contributed by atoms with E-state index in [9.17, 15) is 32.7 Å². The first-order valence-corrected chi connectivity index (χ1v) is 14.8. The fourth-order valence-electron chi connectivity index (χ4n) is 5.44. The van der Waals surface area contributed by atoms with E-state index in [1.165, 1.54) is 12.5 Å². The van der Waals surface area contributed by atoms with E-state index in [0.717, 1.165) is 49.9 Å². The van der Waals surface area contributed by atoms with E-state index in [-0.39, 0.29) is 60.4 Å². The number of halogens is 3. The highest BCUT2D eigenvalue weighted by Gasteiger charge is 2.34. The minimum absolute atomic E-state index is 0.149. The summed E-state index contributed by atoms with van der Waals surface area (Å²) in [5, 5.41) is 18.1. The third-order valence-electron chi connectivity index (χ3n) is 8.13. The van der Waals surface area contributed by atoms with Gasteiger partial charge in [-0.2, -0.15) is 13.2 Å². The number of aliphatic hydroxyl groups is 1. The topological polar surface area (TPSA) is 123 Å². The van der Waals surface area contributed by atoms with Crippen molar-refractivity contribution in [2.45, 2.75) is 70.3 Å². The summed E-state index contributed by atoms with van der Waals surface area (Å²) in [6, 6.07) is 7.28. The molecule has 4 N–H and O–H groups in total. The number of nitrogens with one attached hydrogen (secondary N) is 3. The maximum Gasteiger partial charge on any atom is 0.416 e. The van der Waals surface area contributed by atoms with E-state index >= 15 is 0 Å². The maximum atomic E-state index is 13.7. The summed E-state index contributed by atoms with van der Waals surface area (Å²) in [5.74, 6) is -0.336. The summed E-state index contributed by atoms with van der Waals surface area (Å²) in [6.45, 7) is 3.90. The lowest BCUT2D eigenvalue weighted by atomic mass is 9.96. The molecular formula is C31H40F3N5O5. The fraction of sp³-hybridized carbons (Fsp3) is 0.516. The van der Waals surface area contributed by atoms with Crippen molar-refractivity contribution < 1.29 is 37.4 Å². The smallest absolute Gasteiger partial charge is 0.416 e. The van der Waals surface area contributed by atoms with Gasteiger partial charge in [0.2, 0.25) is 0 Å². The predicted octanol–water partition coefficient (Wildman–Crippen LogP) is 5.54. The van der Waals surface area contributed by atoms with Crippen molar-refractivity contribution in [2.24, 2.45) is 5.92 Å². The molecule has 1 aliphatic carbocycles. The Morgan fingerprint density at radius 3 is 2.34 bits per heavy atom. The third kappa shape index (κ3) is 8.34. The van der Waals surface area contributed by atoms with E-state index in [1.54, 1.807) is 35.9 Å². The average Bonchev–Trinajstić information content (AvgIpc) is 2.99. The Hall–Kier alpha value is -4.00. The van der Waals surface area contributed by atoms with Crippen LogP contribution in [0.25, 0.3) is 0 Å². The van der Waals surface area contributed by atoms with Crippen LogP contribution in [0.2, 0.25) is 0 Å². The second-order valence-electron chi connectivity index (χ2n) is 11.7. The molecule has 0 spiro atoms. The Labute approximate surface area is 254 Å². The van der Waals surface area contributed by atoms with Crippen LogP contribution in [0.5, 0.6) is 5.75 Å². The van der Waals surface area contributed by atoms with Crippen LogP contribution in [0.3, 0.4) is 0 Å². The lowest BCUT2D eigenvalue weighted by Gasteiger charge is -2.38. The van der Waals surface area contributed by atoms with Crippen molar-refractivity contribution in [3.8, 4) is 5.75 Å². The van der Waals surface area contributed by atoms with Crippen LogP contribution in [0.15, 0.2) is 42.5 Å². The molecule has 2 aliphatic rings. The summed E-state index contributed by atoms with van der Waals surface area (Å²) in [5.41, 5.74) is -0.286. The van der Waals surface area contributed by atoms with Crippen molar-refractivity contribution in [3.05, 3.63) is 53.6 Å². The van der Waals surface area contributed by atoms with Crippen molar-refractivity contribution in [2.75, 3.05) is 37.4 Å². The zero-order valence-electron chi connectivity index (χ0n) is 25.1. The molecule has 2 aromatic rings. The quantitative estimate of drug-likeness (QED) is 0.324. The van der Waals surface area contributed by atoms with Gasteiger partial charge in [-0.15, -0.1) is 0 Å². The normalized spacial score (nSPS) is 20.0. The van der Waals surface area contributed by atoms with E-state index in [2.05, 4.69) is 16.0 Å². The third-order valence-corrected chi connectivity index (χ3v) is 8.13. The van der Waals surface area contributed by atoms with Gasteiger partial charge in [0.25, 0.3) is 5.91 Å². The number of ether oxygens (including phenoxy) is 1. The number of nitrogens with zero attached hydrogens (tertiary/aromatic N) is 2. The molecule has 4 rings (SSSR count). The van der Waals surface area contributed by atoms with Gasteiger partial charge in [-0.3, -0.25) is 4.79 Å². The van der Waals surface area contributed by atoms with Crippen LogP contribution in [0, 0.1) is 5.92 Å². The minimum Gasteiger partial charge on any atom is -0.487 e. The SMILES string of the molecule is C[C@H](CO)N1C[C@H](C)[C@H](CN(C)C(=O)NC2CCCCC2)Oc2ccc(NC(=O)Nc3ccc(C(F)(F)F)cc3)cc2C1=O. The maximum absolute atomic E-state index is 13.7. The molecule has 3 atom stereocenters. The standard InChI is InChI=1S/C31H40F3N5O5/c1-19-16-39(20(2)18-40)28(41)25-15-24(36-29(42)35-23-11-9-21(10-12-23)31(32,33)34)13-14-26(25)44-27(19)17-38(3)30(43)37-22-7-5-4-6-8-22/h9-15,19-20,22,27,40H,4-8,16-18H2,1-3H3,(H,37,43)(H2,35,36,42)/t19-,20+,27-/m0/s1. The van der Waals surface area contributed by atoms with Gasteiger partial charge in [0.05, 0.1) is 30.3 Å². The number of anilines is 2. The van der Waals surface area contributed by atoms with Gasteiger partial charge in [0.1, 0.15) is 11.9 Å². The molecule has 1 heterocycles. The van der Waals surface area contributed by atoms with Crippen molar-refractivity contribution in [1.29, 1.82) is 0 Å². The number of amides is 5. The summed E-state index contributed by atoms with van der Waals surface area (Å²) in [7, 11) is 1.70. The molecule has 5 amide bonds. The molecular weight excluding hydrogens is 579 g/mol. The number of carbonyl (C=O) groups is 3. The van der Waals surface area contributed by atoms with E-state index in [4.69, 9.17) is 4.74 Å². The zero-order chi connectivity index (χ0) is 32.0. The first-order valence-electron chi connectivity index (χ1n) is 14.8. The Bertz CT molecular complexity index is 1320. The minimum atomic E-state index is -4.49. The largest absolute Gasteiger partial charge is 0.487 e. The van der Waals surface area contributed by atoms with Gasteiger partial charge in [-0.25, -0.2) is 9.59 Å². The summed E-state index contributed by atoms with van der Waals surface area (Å²) in [4.78, 5) is 42.4. The Kier molecular flexibility index (Phi) is 10.6. The van der Waals surface area contributed by atoms with Crippen LogP contribution in [-0.2, 0) is 6.18 Å². The second kappa shape index (κ2) is 14.2. The van der Waals surface area contributed by atoms with Crippen molar-refractivity contribution in [1.82, 2.24) is 15.1 Å². The fourth-order valence-corrected chi connectivity index (χ4v) is 5.44. The van der Waals surface area contributed by atoms with Crippen LogP contribution >= 0.6 is 0 Å².